The first-order chi connectivity index (χ1) is 10.1. The van der Waals surface area contributed by atoms with E-state index in [1.165, 1.54) is 0 Å². The fourth-order valence-electron chi connectivity index (χ4n) is 2.43. The van der Waals surface area contributed by atoms with Crippen LogP contribution in [0.1, 0.15) is 32.5 Å². The topological polar surface area (TPSA) is 53.1 Å². The number of nitrogens with two attached hydrogens (primary N) is 1. The Bertz CT molecular complexity index is 622. The molecule has 0 fully saturated rings. The van der Waals surface area contributed by atoms with Crippen molar-refractivity contribution in [2.45, 2.75) is 39.7 Å². The molecule has 114 valence electrons. The molecule has 0 amide bonds. The van der Waals surface area contributed by atoms with Crippen molar-refractivity contribution < 1.29 is 4.74 Å². The van der Waals surface area contributed by atoms with Gasteiger partial charge < -0.3 is 15.0 Å². The van der Waals surface area contributed by atoms with Crippen LogP contribution < -0.4 is 10.5 Å². The maximum atomic E-state index is 6.30. The summed E-state index contributed by atoms with van der Waals surface area (Å²) in [6, 6.07) is 5.63. The molecule has 0 bridgehead atoms. The predicted octanol–water partition coefficient (Wildman–Crippen LogP) is 4.16. The van der Waals surface area contributed by atoms with E-state index in [0.717, 1.165) is 42.9 Å². The van der Waals surface area contributed by atoms with Gasteiger partial charge in [0.05, 0.1) is 12.1 Å². The highest BCUT2D eigenvalue weighted by Crippen LogP contribution is 2.33. The second kappa shape index (κ2) is 6.85. The molecule has 2 rings (SSSR count). The second-order valence-corrected chi connectivity index (χ2v) is 5.42. The van der Waals surface area contributed by atoms with Crippen molar-refractivity contribution in [1.29, 1.82) is 0 Å². The molecule has 0 saturated carbocycles. The smallest absolute Gasteiger partial charge is 0.137 e. The Balaban J connectivity index is 2.48. The summed E-state index contributed by atoms with van der Waals surface area (Å²) in [5.41, 5.74) is 8.02. The maximum absolute atomic E-state index is 6.30. The predicted molar refractivity (Wildman–Crippen MR) is 87.9 cm³/mol. The highest BCUT2D eigenvalue weighted by molar-refractivity contribution is 6.32. The van der Waals surface area contributed by atoms with Crippen LogP contribution in [0.2, 0.25) is 5.02 Å². The van der Waals surface area contributed by atoms with Crippen LogP contribution in [-0.2, 0) is 13.0 Å². The van der Waals surface area contributed by atoms with Gasteiger partial charge >= 0.3 is 0 Å². The molecule has 0 aliphatic heterocycles. The molecule has 0 unspecified atom stereocenters. The first-order valence-corrected chi connectivity index (χ1v) is 7.68. The van der Waals surface area contributed by atoms with Crippen LogP contribution in [-0.4, -0.2) is 16.7 Å². The monoisotopic (exact) mass is 307 g/mol. The number of hydrogen-bond acceptors (Lipinski definition) is 3. The third kappa shape index (κ3) is 3.16. The minimum absolute atomic E-state index is 0.566. The fourth-order valence-corrected chi connectivity index (χ4v) is 2.68. The Morgan fingerprint density at radius 3 is 2.62 bits per heavy atom. The Kier molecular flexibility index (Phi) is 5.12. The molecule has 0 aliphatic carbocycles. The molecule has 0 atom stereocenters. The number of methoxy groups -OCH3 is 1. The zero-order chi connectivity index (χ0) is 15.4. The van der Waals surface area contributed by atoms with Gasteiger partial charge in [0.15, 0.2) is 0 Å². The van der Waals surface area contributed by atoms with Gasteiger partial charge in [0, 0.05) is 18.5 Å². The third-order valence-electron chi connectivity index (χ3n) is 3.43. The fraction of sp³-hybridized carbons (Fsp3) is 0.438. The quantitative estimate of drug-likeness (QED) is 0.872. The number of nitrogens with zero attached hydrogens (tertiary/aromatic N) is 2. The summed E-state index contributed by atoms with van der Waals surface area (Å²) < 4.78 is 7.29. The van der Waals surface area contributed by atoms with Crippen LogP contribution in [0.3, 0.4) is 0 Å². The van der Waals surface area contributed by atoms with Gasteiger partial charge in [-0.3, -0.25) is 0 Å². The molecule has 5 heteroatoms. The van der Waals surface area contributed by atoms with E-state index in [1.807, 2.05) is 18.2 Å². The summed E-state index contributed by atoms with van der Waals surface area (Å²) in [6.07, 6.45) is 3.00. The maximum Gasteiger partial charge on any atom is 0.137 e. The lowest BCUT2D eigenvalue weighted by molar-refractivity contribution is 0.415. The summed E-state index contributed by atoms with van der Waals surface area (Å²) in [4.78, 5) is 4.72. The van der Waals surface area contributed by atoms with E-state index in [-0.39, 0.29) is 0 Å². The largest absolute Gasteiger partial charge is 0.495 e. The van der Waals surface area contributed by atoms with Crippen LogP contribution in [0.4, 0.5) is 5.82 Å². The third-order valence-corrected chi connectivity index (χ3v) is 3.73. The molecule has 1 aromatic carbocycles. The summed E-state index contributed by atoms with van der Waals surface area (Å²) >= 11 is 6.20. The van der Waals surface area contributed by atoms with E-state index in [0.29, 0.717) is 16.6 Å². The lowest BCUT2D eigenvalue weighted by atomic mass is 10.1. The summed E-state index contributed by atoms with van der Waals surface area (Å²) in [5.74, 6) is 2.40. The number of halogens is 1. The van der Waals surface area contributed by atoms with Gasteiger partial charge in [-0.1, -0.05) is 25.4 Å². The van der Waals surface area contributed by atoms with E-state index in [4.69, 9.17) is 27.1 Å². The number of nitrogen functional groups attached to an aromatic ring is 1. The molecule has 0 saturated heterocycles. The zero-order valence-corrected chi connectivity index (χ0v) is 13.6. The number of aryl methyl sites for hydroxylation is 1. The van der Waals surface area contributed by atoms with E-state index < -0.39 is 0 Å². The van der Waals surface area contributed by atoms with Gasteiger partial charge in [-0.25, -0.2) is 4.98 Å². The van der Waals surface area contributed by atoms with Gasteiger partial charge in [-0.15, -0.1) is 0 Å². The molecule has 0 spiro atoms. The van der Waals surface area contributed by atoms with Crippen LogP contribution in [0.25, 0.3) is 11.3 Å². The molecule has 2 aromatic rings. The lowest BCUT2D eigenvalue weighted by Gasteiger charge is -2.08. The number of hydrogen-bond donors (Lipinski definition) is 1. The van der Waals surface area contributed by atoms with Crippen molar-refractivity contribution in [3.63, 3.8) is 0 Å². The van der Waals surface area contributed by atoms with Crippen LogP contribution in [0.15, 0.2) is 18.2 Å². The van der Waals surface area contributed by atoms with Crippen molar-refractivity contribution in [1.82, 2.24) is 9.55 Å². The Labute approximate surface area is 130 Å². The molecule has 1 heterocycles. The van der Waals surface area contributed by atoms with Gasteiger partial charge in [-0.05, 0) is 31.0 Å². The number of benzene rings is 1. The van der Waals surface area contributed by atoms with Gasteiger partial charge in [0.1, 0.15) is 23.1 Å². The molecule has 21 heavy (non-hydrogen) atoms. The van der Waals surface area contributed by atoms with E-state index in [1.54, 1.807) is 7.11 Å². The SMILES string of the molecule is CCCc1nc(-c2ccc(OC)c(Cl)c2)c(N)n1CCC. The average molecular weight is 308 g/mol. The first-order valence-electron chi connectivity index (χ1n) is 7.31. The van der Waals surface area contributed by atoms with Crippen LogP contribution in [0, 0.1) is 0 Å². The lowest BCUT2D eigenvalue weighted by Crippen LogP contribution is -2.06. The van der Waals surface area contributed by atoms with Crippen molar-refractivity contribution in [2.24, 2.45) is 0 Å². The number of imidazole rings is 1. The number of rotatable bonds is 6. The molecular weight excluding hydrogens is 286 g/mol. The molecule has 0 aliphatic rings. The molecule has 4 nitrogen and oxygen atoms in total. The molecule has 0 radical (unpaired) electrons. The van der Waals surface area contributed by atoms with Crippen molar-refractivity contribution >= 4 is 17.4 Å². The number of ether oxygens (including phenoxy) is 1. The highest BCUT2D eigenvalue weighted by atomic mass is 35.5. The average Bonchev–Trinajstić information content (AvgIpc) is 2.77. The van der Waals surface area contributed by atoms with E-state index in [2.05, 4.69) is 18.4 Å². The second-order valence-electron chi connectivity index (χ2n) is 5.01. The zero-order valence-electron chi connectivity index (χ0n) is 12.8. The standard InChI is InChI=1S/C16H22ClN3O/c1-4-6-14-19-15(16(18)20(14)9-5-2)11-7-8-13(21-3)12(17)10-11/h7-8,10H,4-6,9,18H2,1-3H3. The molecule has 2 N–H and O–H groups in total. The van der Waals surface area contributed by atoms with Crippen molar-refractivity contribution in [3.8, 4) is 17.0 Å². The Morgan fingerprint density at radius 2 is 2.05 bits per heavy atom. The number of anilines is 1. The normalized spacial score (nSPS) is 10.9. The van der Waals surface area contributed by atoms with Crippen molar-refractivity contribution in [2.75, 3.05) is 12.8 Å². The molecular formula is C16H22ClN3O. The van der Waals surface area contributed by atoms with E-state index in [9.17, 15) is 0 Å². The highest BCUT2D eigenvalue weighted by Gasteiger charge is 2.16. The van der Waals surface area contributed by atoms with Crippen LogP contribution in [0.5, 0.6) is 5.75 Å². The minimum Gasteiger partial charge on any atom is -0.495 e. The van der Waals surface area contributed by atoms with Gasteiger partial charge in [0.25, 0.3) is 0 Å². The number of aromatic nitrogens is 2. The Hall–Kier alpha value is -1.68. The first kappa shape index (κ1) is 15.7. The summed E-state index contributed by atoms with van der Waals surface area (Å²) in [6.45, 7) is 5.17. The summed E-state index contributed by atoms with van der Waals surface area (Å²) in [7, 11) is 1.60. The van der Waals surface area contributed by atoms with Crippen molar-refractivity contribution in [3.05, 3.63) is 29.0 Å². The van der Waals surface area contributed by atoms with Gasteiger partial charge in [0.2, 0.25) is 0 Å². The minimum atomic E-state index is 0.566. The van der Waals surface area contributed by atoms with Crippen LogP contribution >= 0.6 is 11.6 Å². The molecule has 1 aromatic heterocycles. The van der Waals surface area contributed by atoms with Gasteiger partial charge in [-0.2, -0.15) is 0 Å². The Morgan fingerprint density at radius 1 is 1.29 bits per heavy atom. The van der Waals surface area contributed by atoms with E-state index >= 15 is 0 Å². The summed E-state index contributed by atoms with van der Waals surface area (Å²) in [5, 5.41) is 0.566.